The van der Waals surface area contributed by atoms with E-state index in [-0.39, 0.29) is 5.97 Å². The minimum atomic E-state index is -0.384. The summed E-state index contributed by atoms with van der Waals surface area (Å²) in [6, 6.07) is 9.87. The summed E-state index contributed by atoms with van der Waals surface area (Å²) in [5, 5.41) is 0. The molecule has 0 bridgehead atoms. The van der Waals surface area contributed by atoms with E-state index in [2.05, 4.69) is 0 Å². The van der Waals surface area contributed by atoms with Gasteiger partial charge in [0.15, 0.2) is 0 Å². The third-order valence-electron chi connectivity index (χ3n) is 2.50. The van der Waals surface area contributed by atoms with Gasteiger partial charge in [-0.2, -0.15) is 0 Å². The van der Waals surface area contributed by atoms with Crippen LogP contribution in [0.25, 0.3) is 10.4 Å². The number of hydrogen-bond acceptors (Lipinski definition) is 5. The number of methoxy groups -OCH3 is 1. The largest absolute Gasteiger partial charge is 0.465 e. The second-order valence-corrected chi connectivity index (χ2v) is 5.49. The van der Waals surface area contributed by atoms with Crippen LogP contribution < -0.4 is 5.73 Å². The van der Waals surface area contributed by atoms with Crippen LogP contribution in [0, 0.1) is 0 Å². The van der Waals surface area contributed by atoms with Gasteiger partial charge in [0, 0.05) is 15.3 Å². The second kappa shape index (κ2) is 5.46. The van der Waals surface area contributed by atoms with Crippen LogP contribution in [0.3, 0.4) is 0 Å². The van der Waals surface area contributed by atoms with Gasteiger partial charge in [-0.25, -0.2) is 4.79 Å². The first kappa shape index (κ1) is 13.0. The van der Waals surface area contributed by atoms with E-state index in [1.165, 1.54) is 18.4 Å². The van der Waals surface area contributed by atoms with E-state index in [0.717, 1.165) is 15.3 Å². The van der Waals surface area contributed by atoms with Crippen LogP contribution in [-0.2, 0) is 4.74 Å². The number of ether oxygens (including phenoxy) is 1. The second-order valence-electron chi connectivity index (χ2n) is 3.59. The van der Waals surface area contributed by atoms with E-state index in [1.54, 1.807) is 11.8 Å². The minimum Gasteiger partial charge on any atom is -0.465 e. The highest BCUT2D eigenvalue weighted by atomic mass is 32.2. The van der Waals surface area contributed by atoms with E-state index >= 15 is 0 Å². The lowest BCUT2D eigenvalue weighted by molar-refractivity contribution is 0.0607. The fourth-order valence-electron chi connectivity index (χ4n) is 1.64. The van der Waals surface area contributed by atoms with Crippen molar-refractivity contribution in [3.05, 3.63) is 35.2 Å². The zero-order valence-corrected chi connectivity index (χ0v) is 11.7. The molecule has 1 aromatic heterocycles. The lowest BCUT2D eigenvalue weighted by atomic mass is 10.2. The minimum absolute atomic E-state index is 0.384. The molecule has 0 radical (unpaired) electrons. The quantitative estimate of drug-likeness (QED) is 0.690. The molecular weight excluding hydrogens is 266 g/mol. The van der Waals surface area contributed by atoms with Crippen molar-refractivity contribution in [1.29, 1.82) is 0 Å². The monoisotopic (exact) mass is 279 g/mol. The van der Waals surface area contributed by atoms with Gasteiger partial charge in [-0.1, -0.05) is 18.2 Å². The Kier molecular flexibility index (Phi) is 3.93. The van der Waals surface area contributed by atoms with Gasteiger partial charge in [-0.05, 0) is 18.4 Å². The van der Waals surface area contributed by atoms with Crippen LogP contribution >= 0.6 is 23.1 Å². The molecular formula is C13H13NO2S2. The maximum atomic E-state index is 11.5. The lowest BCUT2D eigenvalue weighted by Crippen LogP contribution is -2.00. The Labute approximate surface area is 114 Å². The number of nitrogen functional groups attached to an aromatic ring is 1. The number of rotatable bonds is 3. The van der Waals surface area contributed by atoms with Gasteiger partial charge >= 0.3 is 5.97 Å². The highest BCUT2D eigenvalue weighted by molar-refractivity contribution is 7.98. The first-order valence-electron chi connectivity index (χ1n) is 5.28. The summed E-state index contributed by atoms with van der Waals surface area (Å²) < 4.78 is 4.71. The number of carbonyl (C=O) groups excluding carboxylic acids is 1. The van der Waals surface area contributed by atoms with E-state index in [1.807, 2.05) is 36.6 Å². The molecule has 18 heavy (non-hydrogen) atoms. The predicted octanol–water partition coefficient (Wildman–Crippen LogP) is 3.51. The van der Waals surface area contributed by atoms with Crippen LogP contribution in [0.15, 0.2) is 35.2 Å². The third-order valence-corrected chi connectivity index (χ3v) is 4.46. The highest BCUT2D eigenvalue weighted by Gasteiger charge is 2.16. The van der Waals surface area contributed by atoms with Crippen molar-refractivity contribution in [2.24, 2.45) is 0 Å². The van der Waals surface area contributed by atoms with Crippen molar-refractivity contribution in [3.8, 4) is 10.4 Å². The molecule has 0 spiro atoms. The summed E-state index contributed by atoms with van der Waals surface area (Å²) in [5.41, 5.74) is 7.41. The molecule has 0 fully saturated rings. The van der Waals surface area contributed by atoms with E-state index in [9.17, 15) is 4.79 Å². The molecule has 94 valence electrons. The number of nitrogens with two attached hydrogens (primary N) is 1. The summed E-state index contributed by atoms with van der Waals surface area (Å²) in [4.78, 5) is 14.1. The van der Waals surface area contributed by atoms with Crippen molar-refractivity contribution in [3.63, 3.8) is 0 Å². The average Bonchev–Trinajstić information content (AvgIpc) is 2.79. The molecule has 1 heterocycles. The van der Waals surface area contributed by atoms with Gasteiger partial charge in [0.1, 0.15) is 4.88 Å². The molecule has 2 N–H and O–H groups in total. The Bertz CT molecular complexity index is 578. The molecule has 0 amide bonds. The van der Waals surface area contributed by atoms with Crippen LogP contribution in [-0.4, -0.2) is 19.3 Å². The number of thioether (sulfide) groups is 1. The van der Waals surface area contributed by atoms with E-state index in [4.69, 9.17) is 10.5 Å². The molecule has 0 saturated heterocycles. The van der Waals surface area contributed by atoms with Crippen molar-refractivity contribution in [2.75, 3.05) is 19.1 Å². The fraction of sp³-hybridized carbons (Fsp3) is 0.154. The van der Waals surface area contributed by atoms with Crippen LogP contribution in [0.4, 0.5) is 5.69 Å². The highest BCUT2D eigenvalue weighted by Crippen LogP contribution is 2.37. The van der Waals surface area contributed by atoms with Crippen LogP contribution in [0.1, 0.15) is 9.67 Å². The zero-order chi connectivity index (χ0) is 13.1. The van der Waals surface area contributed by atoms with E-state index < -0.39 is 0 Å². The normalized spacial score (nSPS) is 10.3. The molecule has 0 unspecified atom stereocenters. The molecule has 0 aliphatic heterocycles. The predicted molar refractivity (Wildman–Crippen MR) is 77.3 cm³/mol. The third kappa shape index (κ3) is 2.37. The van der Waals surface area contributed by atoms with Crippen molar-refractivity contribution >= 4 is 34.8 Å². The first-order valence-corrected chi connectivity index (χ1v) is 7.32. The van der Waals surface area contributed by atoms with Crippen LogP contribution in [0.2, 0.25) is 0 Å². The smallest absolute Gasteiger partial charge is 0.350 e. The summed E-state index contributed by atoms with van der Waals surface area (Å²) in [5.74, 6) is -0.384. The molecule has 1 aromatic carbocycles. The number of anilines is 1. The van der Waals surface area contributed by atoms with Crippen molar-refractivity contribution < 1.29 is 9.53 Å². The molecule has 2 aromatic rings. The maximum Gasteiger partial charge on any atom is 0.350 e. The molecule has 2 rings (SSSR count). The fourth-order valence-corrected chi connectivity index (χ4v) is 3.35. The summed E-state index contributed by atoms with van der Waals surface area (Å²) >= 11 is 3.03. The lowest BCUT2D eigenvalue weighted by Gasteiger charge is -2.03. The summed E-state index contributed by atoms with van der Waals surface area (Å²) in [7, 11) is 1.36. The summed E-state index contributed by atoms with van der Waals surface area (Å²) in [6.45, 7) is 0. The maximum absolute atomic E-state index is 11.5. The molecule has 5 heteroatoms. The molecule has 3 nitrogen and oxygen atoms in total. The van der Waals surface area contributed by atoms with Gasteiger partial charge in [-0.15, -0.1) is 23.1 Å². The number of thiophene rings is 1. The van der Waals surface area contributed by atoms with Gasteiger partial charge in [0.05, 0.1) is 12.8 Å². The molecule has 0 aliphatic rings. The standard InChI is InChI=1S/C13H13NO2S2/c1-16-13(15)12-9(14)7-11(18-12)8-5-3-4-6-10(8)17-2/h3-7H,14H2,1-2H3. The Morgan fingerprint density at radius 2 is 2.11 bits per heavy atom. The Morgan fingerprint density at radius 1 is 1.39 bits per heavy atom. The van der Waals surface area contributed by atoms with Crippen molar-refractivity contribution in [2.45, 2.75) is 4.90 Å². The van der Waals surface area contributed by atoms with Gasteiger partial charge in [0.2, 0.25) is 0 Å². The van der Waals surface area contributed by atoms with Gasteiger partial charge in [0.25, 0.3) is 0 Å². The number of esters is 1. The van der Waals surface area contributed by atoms with Gasteiger partial charge < -0.3 is 10.5 Å². The zero-order valence-electron chi connectivity index (χ0n) is 10.1. The summed E-state index contributed by atoms with van der Waals surface area (Å²) in [6.07, 6.45) is 2.02. The first-order chi connectivity index (χ1) is 8.67. The van der Waals surface area contributed by atoms with E-state index in [0.29, 0.717) is 10.6 Å². The van der Waals surface area contributed by atoms with Gasteiger partial charge in [-0.3, -0.25) is 0 Å². The average molecular weight is 279 g/mol. The van der Waals surface area contributed by atoms with Crippen LogP contribution in [0.5, 0.6) is 0 Å². The van der Waals surface area contributed by atoms with Crippen molar-refractivity contribution in [1.82, 2.24) is 0 Å². The number of benzene rings is 1. The Hall–Kier alpha value is -1.46. The molecule has 0 aliphatic carbocycles. The number of hydrogen-bond donors (Lipinski definition) is 1. The number of carbonyl (C=O) groups is 1. The molecule has 0 saturated carbocycles. The topological polar surface area (TPSA) is 52.3 Å². The molecule has 0 atom stereocenters. The Balaban J connectivity index is 2.49. The Morgan fingerprint density at radius 3 is 2.78 bits per heavy atom. The SMILES string of the molecule is COC(=O)c1sc(-c2ccccc2SC)cc1N.